The van der Waals surface area contributed by atoms with Gasteiger partial charge in [0.05, 0.1) is 31.4 Å². The number of nitrogens with one attached hydrogen (secondary N) is 2. The Morgan fingerprint density at radius 2 is 2.24 bits per heavy atom. The fourth-order valence-electron chi connectivity index (χ4n) is 3.52. The molecule has 0 radical (unpaired) electrons. The number of hydrogen-bond donors (Lipinski definition) is 2. The Balaban J connectivity index is 1.56. The number of fused-ring (bicyclic) bond motifs is 2. The van der Waals surface area contributed by atoms with E-state index >= 15 is 0 Å². The summed E-state index contributed by atoms with van der Waals surface area (Å²) < 4.78 is 11.7. The average molecular weight is 345 g/mol. The Hall–Kier alpha value is -1.75. The second-order valence-corrected chi connectivity index (χ2v) is 6.91. The topological polar surface area (TPSA) is 54.9 Å². The van der Waals surface area contributed by atoms with E-state index in [1.807, 2.05) is 12.1 Å². The standard InChI is InChI=1S/C20H31N3O2/c1-3-5-11-24-16-8-6-7-15(12-16)14-22-20(21-4-2)23-18-13-17-9-10-19(18)25-17/h6-8,12,17-19H,3-5,9-11,13-14H2,1-2H3,(H2,21,22,23). The second kappa shape index (κ2) is 9.09. The smallest absolute Gasteiger partial charge is 0.191 e. The van der Waals surface area contributed by atoms with E-state index in [-0.39, 0.29) is 0 Å². The lowest BCUT2D eigenvalue weighted by atomic mass is 9.96. The summed E-state index contributed by atoms with van der Waals surface area (Å²) in [5, 5.41) is 6.91. The van der Waals surface area contributed by atoms with Crippen molar-refractivity contribution >= 4 is 5.96 Å². The number of hydrogen-bond acceptors (Lipinski definition) is 3. The van der Waals surface area contributed by atoms with Gasteiger partial charge in [-0.05, 0) is 50.3 Å². The number of unbranched alkanes of at least 4 members (excludes halogenated alkanes) is 1. The van der Waals surface area contributed by atoms with Crippen LogP contribution >= 0.6 is 0 Å². The highest BCUT2D eigenvalue weighted by atomic mass is 16.5. The number of guanidine groups is 1. The van der Waals surface area contributed by atoms with Crippen LogP contribution in [0.4, 0.5) is 0 Å². The molecule has 5 nitrogen and oxygen atoms in total. The van der Waals surface area contributed by atoms with Crippen LogP contribution in [-0.2, 0) is 11.3 Å². The molecule has 2 bridgehead atoms. The minimum atomic E-state index is 0.351. The maximum absolute atomic E-state index is 5.93. The molecule has 3 unspecified atom stereocenters. The van der Waals surface area contributed by atoms with Gasteiger partial charge in [-0.2, -0.15) is 0 Å². The molecule has 0 amide bonds. The van der Waals surface area contributed by atoms with Crippen molar-refractivity contribution in [2.45, 2.75) is 70.7 Å². The Kier molecular flexibility index (Phi) is 6.56. The lowest BCUT2D eigenvalue weighted by Crippen LogP contribution is -2.47. The predicted molar refractivity (Wildman–Crippen MR) is 101 cm³/mol. The van der Waals surface area contributed by atoms with Crippen molar-refractivity contribution in [1.82, 2.24) is 10.6 Å². The zero-order valence-electron chi connectivity index (χ0n) is 15.5. The van der Waals surface area contributed by atoms with Gasteiger partial charge in [-0.1, -0.05) is 25.5 Å². The molecule has 138 valence electrons. The highest BCUT2D eigenvalue weighted by Gasteiger charge is 2.41. The summed E-state index contributed by atoms with van der Waals surface area (Å²) in [6, 6.07) is 8.62. The van der Waals surface area contributed by atoms with Crippen molar-refractivity contribution < 1.29 is 9.47 Å². The summed E-state index contributed by atoms with van der Waals surface area (Å²) in [6.45, 7) is 6.54. The lowest BCUT2D eigenvalue weighted by molar-refractivity contribution is 0.0992. The van der Waals surface area contributed by atoms with Crippen molar-refractivity contribution in [1.29, 1.82) is 0 Å². The minimum Gasteiger partial charge on any atom is -0.494 e. The molecule has 0 saturated carbocycles. The van der Waals surface area contributed by atoms with Crippen LogP contribution in [0.1, 0.15) is 51.5 Å². The molecule has 0 spiro atoms. The summed E-state index contributed by atoms with van der Waals surface area (Å²) in [7, 11) is 0. The largest absolute Gasteiger partial charge is 0.494 e. The summed E-state index contributed by atoms with van der Waals surface area (Å²) in [6.07, 6.45) is 6.50. The van der Waals surface area contributed by atoms with Gasteiger partial charge in [-0.25, -0.2) is 4.99 Å². The molecule has 0 aliphatic carbocycles. The van der Waals surface area contributed by atoms with Gasteiger partial charge in [-0.15, -0.1) is 0 Å². The monoisotopic (exact) mass is 345 g/mol. The molecule has 2 fully saturated rings. The molecule has 2 aliphatic rings. The molecule has 5 heteroatoms. The van der Waals surface area contributed by atoms with Crippen LogP contribution in [0.25, 0.3) is 0 Å². The third kappa shape index (κ3) is 5.11. The first-order valence-electron chi connectivity index (χ1n) is 9.70. The second-order valence-electron chi connectivity index (χ2n) is 6.91. The molecule has 2 saturated heterocycles. The summed E-state index contributed by atoms with van der Waals surface area (Å²) in [5.74, 6) is 1.81. The predicted octanol–water partition coefficient (Wildman–Crippen LogP) is 3.24. The van der Waals surface area contributed by atoms with Gasteiger partial charge in [0.25, 0.3) is 0 Å². The first kappa shape index (κ1) is 18.1. The van der Waals surface area contributed by atoms with Crippen LogP contribution in [0, 0.1) is 0 Å². The molecule has 25 heavy (non-hydrogen) atoms. The van der Waals surface area contributed by atoms with Gasteiger partial charge < -0.3 is 20.1 Å². The number of benzene rings is 1. The first-order valence-corrected chi connectivity index (χ1v) is 9.70. The van der Waals surface area contributed by atoms with Crippen LogP contribution < -0.4 is 15.4 Å². The van der Waals surface area contributed by atoms with E-state index in [1.54, 1.807) is 0 Å². The van der Waals surface area contributed by atoms with Gasteiger partial charge >= 0.3 is 0 Å². The molecular formula is C20H31N3O2. The normalized spacial score (nSPS) is 25.2. The molecule has 0 aromatic heterocycles. The zero-order valence-corrected chi connectivity index (χ0v) is 15.5. The Morgan fingerprint density at radius 3 is 2.96 bits per heavy atom. The number of nitrogens with zero attached hydrogens (tertiary/aromatic N) is 1. The van der Waals surface area contributed by atoms with Crippen LogP contribution in [0.3, 0.4) is 0 Å². The molecule has 1 aromatic carbocycles. The Morgan fingerprint density at radius 1 is 1.32 bits per heavy atom. The summed E-state index contributed by atoms with van der Waals surface area (Å²) in [4.78, 5) is 4.75. The van der Waals surface area contributed by atoms with E-state index in [4.69, 9.17) is 14.5 Å². The van der Waals surface area contributed by atoms with Crippen molar-refractivity contribution in [2.75, 3.05) is 13.2 Å². The molecule has 2 aliphatic heterocycles. The first-order chi connectivity index (χ1) is 12.3. The minimum absolute atomic E-state index is 0.351. The quantitative estimate of drug-likeness (QED) is 0.431. The highest BCUT2D eigenvalue weighted by Crippen LogP contribution is 2.34. The van der Waals surface area contributed by atoms with Crippen molar-refractivity contribution in [2.24, 2.45) is 4.99 Å². The molecule has 2 N–H and O–H groups in total. The van der Waals surface area contributed by atoms with Gasteiger partial charge in [0.1, 0.15) is 5.75 Å². The average Bonchev–Trinajstić information content (AvgIpc) is 3.23. The van der Waals surface area contributed by atoms with E-state index in [9.17, 15) is 0 Å². The van der Waals surface area contributed by atoms with Crippen molar-refractivity contribution in [3.63, 3.8) is 0 Å². The van der Waals surface area contributed by atoms with Crippen LogP contribution in [0.15, 0.2) is 29.3 Å². The van der Waals surface area contributed by atoms with Crippen molar-refractivity contribution in [3.05, 3.63) is 29.8 Å². The van der Waals surface area contributed by atoms with Crippen LogP contribution in [-0.4, -0.2) is 37.4 Å². The van der Waals surface area contributed by atoms with Gasteiger partial charge in [0.15, 0.2) is 5.96 Å². The van der Waals surface area contributed by atoms with Crippen molar-refractivity contribution in [3.8, 4) is 5.75 Å². The lowest BCUT2D eigenvalue weighted by Gasteiger charge is -2.22. The fraction of sp³-hybridized carbons (Fsp3) is 0.650. The summed E-state index contributed by atoms with van der Waals surface area (Å²) >= 11 is 0. The van der Waals surface area contributed by atoms with E-state index in [0.29, 0.717) is 24.8 Å². The molecule has 3 rings (SSSR count). The maximum Gasteiger partial charge on any atom is 0.191 e. The summed E-state index contributed by atoms with van der Waals surface area (Å²) in [5.41, 5.74) is 1.16. The molecule has 2 heterocycles. The molecular weight excluding hydrogens is 314 g/mol. The van der Waals surface area contributed by atoms with E-state index < -0.39 is 0 Å². The Labute approximate surface area is 151 Å². The Bertz CT molecular complexity index is 576. The van der Waals surface area contributed by atoms with Gasteiger partial charge in [-0.3, -0.25) is 0 Å². The van der Waals surface area contributed by atoms with E-state index in [2.05, 4.69) is 36.6 Å². The van der Waals surface area contributed by atoms with Crippen LogP contribution in [0.5, 0.6) is 5.75 Å². The SMILES string of the molecule is CCCCOc1cccc(CN=C(NCC)NC2CC3CCC2O3)c1. The molecule has 1 aromatic rings. The number of aliphatic imine (C=N–C) groups is 1. The van der Waals surface area contributed by atoms with E-state index in [0.717, 1.165) is 49.7 Å². The van der Waals surface area contributed by atoms with Gasteiger partial charge in [0, 0.05) is 6.54 Å². The van der Waals surface area contributed by atoms with E-state index in [1.165, 1.54) is 12.8 Å². The van der Waals surface area contributed by atoms with Gasteiger partial charge in [0.2, 0.25) is 0 Å². The maximum atomic E-state index is 5.93. The zero-order chi connectivity index (χ0) is 17.5. The fourth-order valence-corrected chi connectivity index (χ4v) is 3.52. The third-order valence-corrected chi connectivity index (χ3v) is 4.86. The third-order valence-electron chi connectivity index (χ3n) is 4.86. The molecule has 3 atom stereocenters. The van der Waals surface area contributed by atoms with Crippen LogP contribution in [0.2, 0.25) is 0 Å². The number of rotatable bonds is 8. The number of ether oxygens (including phenoxy) is 2. The highest BCUT2D eigenvalue weighted by molar-refractivity contribution is 5.80.